The van der Waals surface area contributed by atoms with Crippen LogP contribution in [0.25, 0.3) is 0 Å². The molecule has 3 N–H and O–H groups in total. The maximum absolute atomic E-state index is 11.9. The van der Waals surface area contributed by atoms with Gasteiger partial charge >= 0.3 is 0 Å². The van der Waals surface area contributed by atoms with Gasteiger partial charge in [0.2, 0.25) is 0 Å². The molecule has 1 aromatic heterocycles. The molecule has 19 heavy (non-hydrogen) atoms. The summed E-state index contributed by atoms with van der Waals surface area (Å²) in [5, 5.41) is 2.90. The van der Waals surface area contributed by atoms with E-state index in [4.69, 9.17) is 5.73 Å². The zero-order valence-corrected chi connectivity index (χ0v) is 10.8. The highest BCUT2D eigenvalue weighted by Gasteiger charge is 2.09. The van der Waals surface area contributed by atoms with Crippen molar-refractivity contribution in [1.82, 2.24) is 10.3 Å². The van der Waals surface area contributed by atoms with Crippen LogP contribution in [0.4, 0.5) is 5.82 Å². The molecule has 1 atom stereocenters. The maximum Gasteiger partial charge on any atom is 0.251 e. The number of rotatable bonds is 4. The molecular weight excluding hydrogens is 238 g/mol. The first kappa shape index (κ1) is 13.1. The van der Waals surface area contributed by atoms with E-state index in [2.05, 4.69) is 29.4 Å². The Bertz CT molecular complexity index is 554. The normalized spacial score (nSPS) is 11.8. The van der Waals surface area contributed by atoms with Gasteiger partial charge in [-0.25, -0.2) is 4.98 Å². The van der Waals surface area contributed by atoms with Crippen molar-refractivity contribution in [1.29, 1.82) is 0 Å². The van der Waals surface area contributed by atoms with Gasteiger partial charge in [0.25, 0.3) is 5.91 Å². The fraction of sp³-hybridized carbons (Fsp3) is 0.200. The van der Waals surface area contributed by atoms with Crippen LogP contribution in [-0.2, 0) is 0 Å². The minimum Gasteiger partial charge on any atom is -0.384 e. The number of benzene rings is 1. The van der Waals surface area contributed by atoms with Gasteiger partial charge in [-0.1, -0.05) is 37.3 Å². The molecule has 1 amide bonds. The maximum atomic E-state index is 11.9. The van der Waals surface area contributed by atoms with E-state index in [0.717, 1.165) is 0 Å². The largest absolute Gasteiger partial charge is 0.384 e. The molecule has 0 aliphatic carbocycles. The molecule has 1 unspecified atom stereocenters. The first-order valence-corrected chi connectivity index (χ1v) is 6.21. The smallest absolute Gasteiger partial charge is 0.251 e. The summed E-state index contributed by atoms with van der Waals surface area (Å²) < 4.78 is 0. The lowest BCUT2D eigenvalue weighted by Gasteiger charge is -2.13. The standard InChI is InChI=1S/C15H17N3O/c1-11(12-5-3-2-4-6-12)10-18-15(19)13-7-8-17-14(16)9-13/h2-9,11H,10H2,1H3,(H2,16,17)(H,18,19). The number of aromatic nitrogens is 1. The van der Waals surface area contributed by atoms with Crippen molar-refractivity contribution in [3.8, 4) is 0 Å². The fourth-order valence-corrected chi connectivity index (χ4v) is 1.84. The van der Waals surface area contributed by atoms with Gasteiger partial charge in [-0.2, -0.15) is 0 Å². The van der Waals surface area contributed by atoms with Gasteiger partial charge in [0, 0.05) is 18.3 Å². The highest BCUT2D eigenvalue weighted by Crippen LogP contribution is 2.13. The summed E-state index contributed by atoms with van der Waals surface area (Å²) in [6, 6.07) is 13.3. The van der Waals surface area contributed by atoms with E-state index in [1.807, 2.05) is 18.2 Å². The molecule has 0 spiro atoms. The van der Waals surface area contributed by atoms with Gasteiger partial charge in [0.15, 0.2) is 0 Å². The Morgan fingerprint density at radius 2 is 2.05 bits per heavy atom. The molecule has 0 aliphatic rings. The van der Waals surface area contributed by atoms with Crippen LogP contribution >= 0.6 is 0 Å². The van der Waals surface area contributed by atoms with Gasteiger partial charge in [0.1, 0.15) is 5.82 Å². The van der Waals surface area contributed by atoms with E-state index in [9.17, 15) is 4.79 Å². The average molecular weight is 255 g/mol. The van der Waals surface area contributed by atoms with Crippen molar-refractivity contribution in [2.24, 2.45) is 0 Å². The van der Waals surface area contributed by atoms with Crippen LogP contribution in [0.3, 0.4) is 0 Å². The van der Waals surface area contributed by atoms with Crippen molar-refractivity contribution < 1.29 is 4.79 Å². The first-order valence-electron chi connectivity index (χ1n) is 6.21. The topological polar surface area (TPSA) is 68.0 Å². The number of anilines is 1. The zero-order valence-electron chi connectivity index (χ0n) is 10.8. The van der Waals surface area contributed by atoms with Crippen LogP contribution in [0, 0.1) is 0 Å². The van der Waals surface area contributed by atoms with Gasteiger partial charge < -0.3 is 11.1 Å². The quantitative estimate of drug-likeness (QED) is 0.880. The molecule has 2 aromatic rings. The van der Waals surface area contributed by atoms with Crippen LogP contribution in [0.15, 0.2) is 48.7 Å². The minimum absolute atomic E-state index is 0.128. The van der Waals surface area contributed by atoms with E-state index in [-0.39, 0.29) is 11.8 Å². The summed E-state index contributed by atoms with van der Waals surface area (Å²) >= 11 is 0. The molecule has 2 rings (SSSR count). The van der Waals surface area contributed by atoms with E-state index in [0.29, 0.717) is 17.9 Å². The van der Waals surface area contributed by atoms with Crippen molar-refractivity contribution in [2.45, 2.75) is 12.8 Å². The molecule has 0 fully saturated rings. The van der Waals surface area contributed by atoms with Crippen LogP contribution in [0.1, 0.15) is 28.8 Å². The molecule has 4 heteroatoms. The summed E-state index contributed by atoms with van der Waals surface area (Å²) in [6.07, 6.45) is 1.53. The Morgan fingerprint density at radius 3 is 2.74 bits per heavy atom. The molecular formula is C15H17N3O. The first-order chi connectivity index (χ1) is 9.16. The third-order valence-corrected chi connectivity index (χ3v) is 2.98. The second-order valence-corrected chi connectivity index (χ2v) is 4.49. The Hall–Kier alpha value is -2.36. The number of hydrogen-bond donors (Lipinski definition) is 2. The summed E-state index contributed by atoms with van der Waals surface area (Å²) in [6.45, 7) is 2.67. The van der Waals surface area contributed by atoms with E-state index in [1.165, 1.54) is 11.8 Å². The summed E-state index contributed by atoms with van der Waals surface area (Å²) in [5.41, 5.74) is 7.29. The molecule has 0 radical (unpaired) electrons. The number of nitrogen functional groups attached to an aromatic ring is 1. The van der Waals surface area contributed by atoms with Crippen molar-refractivity contribution in [3.05, 3.63) is 59.8 Å². The minimum atomic E-state index is -0.128. The summed E-state index contributed by atoms with van der Waals surface area (Å²) in [4.78, 5) is 15.8. The number of nitrogens with zero attached hydrogens (tertiary/aromatic N) is 1. The average Bonchev–Trinajstić information content (AvgIpc) is 2.45. The molecule has 4 nitrogen and oxygen atoms in total. The Balaban J connectivity index is 1.94. The van der Waals surface area contributed by atoms with Gasteiger partial charge in [-0.15, -0.1) is 0 Å². The fourth-order valence-electron chi connectivity index (χ4n) is 1.84. The molecule has 0 bridgehead atoms. The van der Waals surface area contributed by atoms with Crippen molar-refractivity contribution in [3.63, 3.8) is 0 Å². The third kappa shape index (κ3) is 3.55. The number of amides is 1. The van der Waals surface area contributed by atoms with Gasteiger partial charge in [0.05, 0.1) is 0 Å². The number of carbonyl (C=O) groups excluding carboxylic acids is 1. The Kier molecular flexibility index (Phi) is 4.13. The van der Waals surface area contributed by atoms with E-state index in [1.54, 1.807) is 12.1 Å². The number of nitrogens with two attached hydrogens (primary N) is 1. The second kappa shape index (κ2) is 6.00. The van der Waals surface area contributed by atoms with Gasteiger partial charge in [-0.05, 0) is 23.6 Å². The second-order valence-electron chi connectivity index (χ2n) is 4.49. The SMILES string of the molecule is CC(CNC(=O)c1ccnc(N)c1)c1ccccc1. The number of pyridine rings is 1. The van der Waals surface area contributed by atoms with Crippen LogP contribution in [0.5, 0.6) is 0 Å². The van der Waals surface area contributed by atoms with Crippen molar-refractivity contribution in [2.75, 3.05) is 12.3 Å². The number of nitrogens with one attached hydrogen (secondary N) is 1. The highest BCUT2D eigenvalue weighted by atomic mass is 16.1. The highest BCUT2D eigenvalue weighted by molar-refractivity contribution is 5.94. The lowest BCUT2D eigenvalue weighted by molar-refractivity contribution is 0.0951. The summed E-state index contributed by atoms with van der Waals surface area (Å²) in [7, 11) is 0. The lowest BCUT2D eigenvalue weighted by atomic mass is 10.0. The number of carbonyl (C=O) groups is 1. The molecule has 0 saturated heterocycles. The Morgan fingerprint density at radius 1 is 1.32 bits per heavy atom. The van der Waals surface area contributed by atoms with E-state index < -0.39 is 0 Å². The van der Waals surface area contributed by atoms with Crippen LogP contribution in [-0.4, -0.2) is 17.4 Å². The monoisotopic (exact) mass is 255 g/mol. The summed E-state index contributed by atoms with van der Waals surface area (Å²) in [5.74, 6) is 0.491. The zero-order chi connectivity index (χ0) is 13.7. The van der Waals surface area contributed by atoms with Gasteiger partial charge in [-0.3, -0.25) is 4.79 Å². The van der Waals surface area contributed by atoms with Crippen molar-refractivity contribution >= 4 is 11.7 Å². The predicted molar refractivity (Wildman–Crippen MR) is 75.8 cm³/mol. The molecule has 0 saturated carbocycles. The van der Waals surface area contributed by atoms with Crippen LogP contribution in [0.2, 0.25) is 0 Å². The Labute approximate surface area is 112 Å². The number of hydrogen-bond acceptors (Lipinski definition) is 3. The molecule has 1 heterocycles. The third-order valence-electron chi connectivity index (χ3n) is 2.98. The molecule has 0 aliphatic heterocycles. The molecule has 1 aromatic carbocycles. The van der Waals surface area contributed by atoms with Crippen LogP contribution < -0.4 is 11.1 Å². The van der Waals surface area contributed by atoms with E-state index >= 15 is 0 Å². The lowest BCUT2D eigenvalue weighted by Crippen LogP contribution is -2.27. The molecule has 98 valence electrons. The predicted octanol–water partition coefficient (Wildman–Crippen LogP) is 2.20.